The van der Waals surface area contributed by atoms with Gasteiger partial charge in [0.25, 0.3) is 0 Å². The smallest absolute Gasteiger partial charge is 0.337 e. The Morgan fingerprint density at radius 3 is 1.86 bits per heavy atom. The van der Waals surface area contributed by atoms with Crippen LogP contribution >= 0.6 is 0 Å². The summed E-state index contributed by atoms with van der Waals surface area (Å²) < 4.78 is 14.2. The van der Waals surface area contributed by atoms with Gasteiger partial charge >= 0.3 is 6.85 Å². The van der Waals surface area contributed by atoms with E-state index in [2.05, 4.69) is 229 Å². The number of rotatable bonds is 3. The highest BCUT2D eigenvalue weighted by molar-refractivity contribution is 6.95. The minimum Gasteiger partial charge on any atom is -0.456 e. The highest BCUT2D eigenvalue weighted by Gasteiger charge is 2.52. The fraction of sp³-hybridized carbons (Fsp3) is 0.180. The van der Waals surface area contributed by atoms with Crippen LogP contribution in [0.5, 0.6) is 0 Å². The first-order chi connectivity index (χ1) is 31.8. The number of para-hydroxylation sites is 2. The Kier molecular flexibility index (Phi) is 7.96. The van der Waals surface area contributed by atoms with Crippen LogP contribution in [0.15, 0.2) is 173 Å². The quantitative estimate of drug-likeness (QED) is 0.166. The molecule has 0 bridgehead atoms. The third-order valence-electron chi connectivity index (χ3n) is 14.9. The van der Waals surface area contributed by atoms with E-state index in [0.29, 0.717) is 0 Å². The normalized spacial score (nSPS) is 14.7. The molecule has 320 valence electrons. The molecule has 13 rings (SSSR count). The molecule has 0 N–H and O–H groups in total. The van der Waals surface area contributed by atoms with Gasteiger partial charge in [-0.1, -0.05) is 165 Å². The van der Waals surface area contributed by atoms with Crippen molar-refractivity contribution in [3.63, 3.8) is 0 Å². The van der Waals surface area contributed by atoms with Crippen molar-refractivity contribution in [2.24, 2.45) is 0 Å². The van der Waals surface area contributed by atoms with Crippen LogP contribution in [-0.4, -0.2) is 6.85 Å². The molecular formula is C61H51BN2O2. The Bertz CT molecular complexity index is 3650. The molecule has 0 amide bonds. The van der Waals surface area contributed by atoms with Crippen molar-refractivity contribution in [1.29, 1.82) is 0 Å². The summed E-state index contributed by atoms with van der Waals surface area (Å²) in [5, 5.41) is 3.35. The maximum Gasteiger partial charge on any atom is 0.337 e. The van der Waals surface area contributed by atoms with Crippen LogP contribution in [0.1, 0.15) is 77.6 Å². The Morgan fingerprint density at radius 2 is 1.12 bits per heavy atom. The molecule has 0 unspecified atom stereocenters. The molecule has 8 aromatic carbocycles. The first kappa shape index (κ1) is 39.2. The lowest BCUT2D eigenvalue weighted by Gasteiger charge is -2.46. The van der Waals surface area contributed by atoms with Gasteiger partial charge in [-0.05, 0) is 109 Å². The van der Waals surface area contributed by atoms with Crippen molar-refractivity contribution in [3.8, 4) is 33.4 Å². The number of anilines is 5. The molecule has 0 atom stereocenters. The highest BCUT2D eigenvalue weighted by atomic mass is 16.4. The van der Waals surface area contributed by atoms with Gasteiger partial charge in [0, 0.05) is 55.6 Å². The van der Waals surface area contributed by atoms with E-state index in [0.717, 1.165) is 61.3 Å². The summed E-state index contributed by atoms with van der Waals surface area (Å²) in [6.07, 6.45) is 0. The second-order valence-corrected chi connectivity index (χ2v) is 21.3. The zero-order chi connectivity index (χ0) is 45.0. The van der Waals surface area contributed by atoms with E-state index < -0.39 is 0 Å². The van der Waals surface area contributed by atoms with Crippen LogP contribution < -0.4 is 20.6 Å². The second kappa shape index (κ2) is 13.4. The molecule has 0 fully saturated rings. The Labute approximate surface area is 387 Å². The molecule has 0 spiro atoms. The van der Waals surface area contributed by atoms with E-state index in [9.17, 15) is 0 Å². The van der Waals surface area contributed by atoms with Gasteiger partial charge in [0.05, 0.1) is 11.4 Å². The first-order valence-corrected chi connectivity index (χ1v) is 23.5. The second-order valence-electron chi connectivity index (χ2n) is 21.3. The first-order valence-electron chi connectivity index (χ1n) is 23.5. The van der Waals surface area contributed by atoms with E-state index in [-0.39, 0.29) is 23.1 Å². The van der Waals surface area contributed by atoms with Gasteiger partial charge in [0.2, 0.25) is 5.88 Å². The number of furan rings is 2. The third-order valence-corrected chi connectivity index (χ3v) is 14.9. The maximum atomic E-state index is 7.43. The van der Waals surface area contributed by atoms with Gasteiger partial charge in [-0.3, -0.25) is 4.90 Å². The minimum absolute atomic E-state index is 0.00203. The summed E-state index contributed by atoms with van der Waals surface area (Å²) in [7, 11) is 0. The topological polar surface area (TPSA) is 32.8 Å². The van der Waals surface area contributed by atoms with Gasteiger partial charge in [-0.25, -0.2) is 0 Å². The van der Waals surface area contributed by atoms with E-state index in [1.807, 2.05) is 0 Å². The number of hydrogen-bond donors (Lipinski definition) is 0. The number of benzene rings is 8. The Balaban J connectivity index is 1.23. The lowest BCUT2D eigenvalue weighted by Crippen LogP contribution is -2.61. The van der Waals surface area contributed by atoms with Crippen molar-refractivity contribution in [2.75, 3.05) is 9.71 Å². The standard InChI is InChI=1S/C61H51BN2O2/c1-59(2,3)37-26-29-39(30-27-37)64-50-35-53-45(41-21-13-16-24-51(41)65-53)33-44(50)47-34-46-40-20-12-15-23-48(40)61(7,8)54(46)57-55(47)62(64)56-42-22-14-17-25-52(42)66-58(56)63(57)49-31-28-38(60(4,5)6)32-43(49)36-18-10-9-11-19-36/h9-35H,1-8H3. The fourth-order valence-corrected chi connectivity index (χ4v) is 11.6. The number of nitrogens with zero attached hydrogens (tertiary/aromatic N) is 2. The van der Waals surface area contributed by atoms with E-state index in [1.165, 1.54) is 66.8 Å². The summed E-state index contributed by atoms with van der Waals surface area (Å²) >= 11 is 0. The average Bonchev–Trinajstić information content (AvgIpc) is 3.95. The van der Waals surface area contributed by atoms with Crippen LogP contribution in [-0.2, 0) is 16.2 Å². The summed E-state index contributed by atoms with van der Waals surface area (Å²) in [6.45, 7) is 18.4. The molecule has 0 saturated heterocycles. The van der Waals surface area contributed by atoms with Gasteiger partial charge in [0.15, 0.2) is 0 Å². The van der Waals surface area contributed by atoms with Crippen molar-refractivity contribution in [2.45, 2.75) is 71.6 Å². The van der Waals surface area contributed by atoms with E-state index >= 15 is 0 Å². The van der Waals surface area contributed by atoms with Crippen LogP contribution in [0.25, 0.3) is 66.3 Å². The molecule has 2 aliphatic heterocycles. The number of fused-ring (bicyclic) bond motifs is 13. The molecule has 4 heterocycles. The zero-order valence-corrected chi connectivity index (χ0v) is 38.9. The molecule has 4 nitrogen and oxygen atoms in total. The summed E-state index contributed by atoms with van der Waals surface area (Å²) in [5.41, 5.74) is 21.8. The van der Waals surface area contributed by atoms with Gasteiger partial charge in [0.1, 0.15) is 16.7 Å². The maximum absolute atomic E-state index is 7.43. The van der Waals surface area contributed by atoms with E-state index in [4.69, 9.17) is 8.83 Å². The zero-order valence-electron chi connectivity index (χ0n) is 38.9. The predicted molar refractivity (Wildman–Crippen MR) is 278 cm³/mol. The predicted octanol–water partition coefficient (Wildman–Crippen LogP) is 15.6. The molecule has 5 heteroatoms. The molecule has 0 saturated carbocycles. The van der Waals surface area contributed by atoms with Crippen molar-refractivity contribution < 1.29 is 8.83 Å². The fourth-order valence-electron chi connectivity index (χ4n) is 11.6. The van der Waals surface area contributed by atoms with E-state index in [1.54, 1.807) is 0 Å². The largest absolute Gasteiger partial charge is 0.456 e. The van der Waals surface area contributed by atoms with Gasteiger partial charge in [-0.2, -0.15) is 0 Å². The average molecular weight is 855 g/mol. The van der Waals surface area contributed by atoms with Crippen LogP contribution in [0.2, 0.25) is 0 Å². The summed E-state index contributed by atoms with van der Waals surface area (Å²) in [4.78, 5) is 5.13. The molecule has 2 aromatic heterocycles. The highest BCUT2D eigenvalue weighted by Crippen LogP contribution is 2.59. The van der Waals surface area contributed by atoms with Crippen LogP contribution in [0.3, 0.4) is 0 Å². The molecular weight excluding hydrogens is 803 g/mol. The minimum atomic E-state index is -0.342. The van der Waals surface area contributed by atoms with Crippen molar-refractivity contribution >= 4 is 79.3 Å². The van der Waals surface area contributed by atoms with Crippen molar-refractivity contribution in [3.05, 3.63) is 186 Å². The Morgan fingerprint density at radius 1 is 0.470 bits per heavy atom. The van der Waals surface area contributed by atoms with Gasteiger partial charge < -0.3 is 13.6 Å². The summed E-state index contributed by atoms with van der Waals surface area (Å²) in [5.74, 6) is 0.852. The monoisotopic (exact) mass is 854 g/mol. The SMILES string of the molecule is CC(C)(C)c1ccc(N2B3c4c(cc5c(c4N(c4ccc(C(C)(C)C)cc4-c4ccccc4)c4oc6ccccc6c43)C(C)(C)c3ccccc3-5)-c3cc4c(cc32)oc2ccccc24)cc1. The third kappa shape index (κ3) is 5.40. The molecule has 10 aromatic rings. The van der Waals surface area contributed by atoms with Crippen molar-refractivity contribution in [1.82, 2.24) is 0 Å². The summed E-state index contributed by atoms with van der Waals surface area (Å²) in [6, 6.07) is 60.8. The van der Waals surface area contributed by atoms with Crippen LogP contribution in [0, 0.1) is 0 Å². The van der Waals surface area contributed by atoms with Crippen LogP contribution in [0.4, 0.5) is 28.6 Å². The molecule has 66 heavy (non-hydrogen) atoms. The molecule has 3 aliphatic rings. The molecule has 0 radical (unpaired) electrons. The van der Waals surface area contributed by atoms with Gasteiger partial charge in [-0.15, -0.1) is 0 Å². The number of hydrogen-bond acceptors (Lipinski definition) is 4. The lowest BCUT2D eigenvalue weighted by molar-refractivity contribution is 0.590. The molecule has 1 aliphatic carbocycles. The lowest BCUT2D eigenvalue weighted by atomic mass is 9.43. The Hall–Kier alpha value is -7.24.